The van der Waals surface area contributed by atoms with E-state index in [1.807, 2.05) is 62.9 Å². The third kappa shape index (κ3) is 12.1. The molecule has 3 aliphatic rings. The van der Waals surface area contributed by atoms with Gasteiger partial charge in [-0.3, -0.25) is 24.0 Å². The molecule has 15 heteroatoms. The van der Waals surface area contributed by atoms with E-state index >= 15 is 0 Å². The Morgan fingerprint density at radius 2 is 1.52 bits per heavy atom. The first-order valence-electron chi connectivity index (χ1n) is 22.2. The fraction of sp³-hybridized carbons (Fsp3) is 0.469. The largest absolute Gasteiger partial charge is 0.392 e. The number of carbonyl (C=O) groups is 6. The lowest BCUT2D eigenvalue weighted by molar-refractivity contribution is -0.151. The van der Waals surface area contributed by atoms with Crippen molar-refractivity contribution < 1.29 is 38.6 Å². The van der Waals surface area contributed by atoms with Crippen molar-refractivity contribution in [1.29, 1.82) is 0 Å². The van der Waals surface area contributed by atoms with Crippen LogP contribution >= 0.6 is 0 Å². The maximum atomic E-state index is 13.8. The van der Waals surface area contributed by atoms with Crippen LogP contribution in [-0.4, -0.2) is 79.6 Å². The summed E-state index contributed by atoms with van der Waals surface area (Å²) in [4.78, 5) is 80.8. The number of urea groups is 1. The quantitative estimate of drug-likeness (QED) is 0.0567. The number of nitrogens with two attached hydrogens (primary N) is 1. The van der Waals surface area contributed by atoms with Gasteiger partial charge in [-0.15, -0.1) is 0 Å². The van der Waals surface area contributed by atoms with Crippen LogP contribution in [0.5, 0.6) is 0 Å². The second-order valence-corrected chi connectivity index (χ2v) is 18.8. The number of ether oxygens (including phenoxy) is 1. The van der Waals surface area contributed by atoms with Crippen molar-refractivity contribution in [3.05, 3.63) is 101 Å². The second kappa shape index (κ2) is 20.6. The first-order chi connectivity index (χ1) is 30.5. The maximum absolute atomic E-state index is 13.8. The minimum Gasteiger partial charge on any atom is -0.392 e. The van der Waals surface area contributed by atoms with Crippen LogP contribution in [0.4, 0.5) is 16.2 Å². The topological polar surface area (TPSA) is 221 Å². The SMILES string of the molecule is CC(C)(CNC(=O)CCC(=O)N1Cc2ccccc2C2=CC2c2ccccc21)COCC(C)(C)CNC(=O)C1(C(=O)N[C@@H](CCCNC(N)=O)C(=O)Nc2ccc(CO)cc2)CCC1. The summed E-state index contributed by atoms with van der Waals surface area (Å²) in [6.45, 7) is 9.51. The van der Waals surface area contributed by atoms with Crippen LogP contribution < -0.4 is 37.2 Å². The molecule has 1 saturated carbocycles. The van der Waals surface area contributed by atoms with Crippen molar-refractivity contribution in [3.63, 3.8) is 0 Å². The van der Waals surface area contributed by atoms with Crippen LogP contribution in [0.1, 0.15) is 101 Å². The summed E-state index contributed by atoms with van der Waals surface area (Å²) in [6.07, 6.45) is 4.21. The Morgan fingerprint density at radius 1 is 0.844 bits per heavy atom. The molecule has 0 aromatic heterocycles. The summed E-state index contributed by atoms with van der Waals surface area (Å²) in [6, 6.07) is 21.1. The van der Waals surface area contributed by atoms with Crippen molar-refractivity contribution in [1.82, 2.24) is 21.3 Å². The smallest absolute Gasteiger partial charge is 0.312 e. The molecule has 1 heterocycles. The van der Waals surface area contributed by atoms with Gasteiger partial charge < -0.3 is 47.1 Å². The number of para-hydroxylation sites is 1. The zero-order valence-electron chi connectivity index (χ0n) is 37.4. The highest BCUT2D eigenvalue weighted by Gasteiger charge is 2.51. The Morgan fingerprint density at radius 3 is 2.19 bits per heavy atom. The van der Waals surface area contributed by atoms with Crippen LogP contribution in [0.3, 0.4) is 0 Å². The average Bonchev–Trinajstić information content (AvgIpc) is 4.04. The van der Waals surface area contributed by atoms with Gasteiger partial charge >= 0.3 is 6.03 Å². The van der Waals surface area contributed by atoms with E-state index in [1.165, 1.54) is 11.1 Å². The number of fused-ring (bicyclic) bond motifs is 5. The number of hydrogen-bond acceptors (Lipinski definition) is 8. The van der Waals surface area contributed by atoms with Gasteiger partial charge in [0.05, 0.1) is 26.4 Å². The highest BCUT2D eigenvalue weighted by molar-refractivity contribution is 6.08. The third-order valence-electron chi connectivity index (χ3n) is 12.2. The number of nitrogens with zero attached hydrogens (tertiary/aromatic N) is 1. The molecular weight excluding hydrogens is 815 g/mol. The van der Waals surface area contributed by atoms with E-state index in [-0.39, 0.29) is 63.3 Å². The Balaban J connectivity index is 0.944. The zero-order chi connectivity index (χ0) is 46.1. The molecule has 3 aromatic rings. The first-order valence-corrected chi connectivity index (χ1v) is 22.2. The monoisotopic (exact) mass is 877 g/mol. The number of hydrogen-bond donors (Lipinski definition) is 7. The van der Waals surface area contributed by atoms with Crippen LogP contribution in [-0.2, 0) is 41.9 Å². The minimum absolute atomic E-state index is 0.0536. The maximum Gasteiger partial charge on any atom is 0.312 e. The molecule has 0 radical (unpaired) electrons. The molecule has 1 fully saturated rings. The van der Waals surface area contributed by atoms with Crippen LogP contribution in [0.25, 0.3) is 5.57 Å². The van der Waals surface area contributed by atoms with Gasteiger partial charge in [0.1, 0.15) is 11.5 Å². The van der Waals surface area contributed by atoms with Crippen molar-refractivity contribution >= 4 is 52.5 Å². The summed E-state index contributed by atoms with van der Waals surface area (Å²) in [5.74, 6) is -1.59. The number of amides is 7. The molecule has 0 spiro atoms. The van der Waals surface area contributed by atoms with Gasteiger partial charge in [-0.05, 0) is 71.7 Å². The summed E-state index contributed by atoms with van der Waals surface area (Å²) in [5, 5.41) is 23.4. The molecular formula is C49H63N7O8. The Kier molecular flexibility index (Phi) is 15.3. The van der Waals surface area contributed by atoms with Crippen LogP contribution in [0.15, 0.2) is 78.9 Å². The van der Waals surface area contributed by atoms with Gasteiger partial charge in [-0.2, -0.15) is 0 Å². The van der Waals surface area contributed by atoms with Gasteiger partial charge in [0.2, 0.25) is 29.5 Å². The summed E-state index contributed by atoms with van der Waals surface area (Å²) in [7, 11) is 0. The van der Waals surface area contributed by atoms with Crippen molar-refractivity contribution in [2.24, 2.45) is 22.0 Å². The van der Waals surface area contributed by atoms with Crippen molar-refractivity contribution in [2.45, 2.75) is 97.8 Å². The van der Waals surface area contributed by atoms with E-state index in [2.05, 4.69) is 50.9 Å². The Labute approximate surface area is 375 Å². The van der Waals surface area contributed by atoms with E-state index in [1.54, 1.807) is 24.3 Å². The molecule has 0 bridgehead atoms. The number of anilines is 2. The molecule has 7 amide bonds. The average molecular weight is 878 g/mol. The third-order valence-corrected chi connectivity index (χ3v) is 12.2. The Hall–Kier alpha value is -6.06. The van der Waals surface area contributed by atoms with E-state index < -0.39 is 46.0 Å². The molecule has 2 aliphatic carbocycles. The van der Waals surface area contributed by atoms with Crippen LogP contribution in [0, 0.1) is 16.2 Å². The zero-order valence-corrected chi connectivity index (χ0v) is 37.4. The number of allylic oxidation sites excluding steroid dienone is 2. The lowest BCUT2D eigenvalue weighted by atomic mass is 9.67. The number of benzene rings is 3. The molecule has 0 saturated heterocycles. The number of aliphatic hydroxyl groups excluding tert-OH is 1. The van der Waals surface area contributed by atoms with E-state index in [0.29, 0.717) is 56.6 Å². The minimum atomic E-state index is -1.34. The van der Waals surface area contributed by atoms with Gasteiger partial charge in [0.25, 0.3) is 0 Å². The number of aliphatic hydroxyl groups is 1. The molecule has 1 aliphatic heterocycles. The first kappa shape index (κ1) is 47.4. The van der Waals surface area contributed by atoms with E-state index in [9.17, 15) is 33.9 Å². The summed E-state index contributed by atoms with van der Waals surface area (Å²) >= 11 is 0. The fourth-order valence-electron chi connectivity index (χ4n) is 8.13. The number of carbonyl (C=O) groups excluding carboxylic acids is 6. The van der Waals surface area contributed by atoms with Crippen molar-refractivity contribution in [2.75, 3.05) is 43.1 Å². The predicted octanol–water partition coefficient (Wildman–Crippen LogP) is 5.03. The molecule has 64 heavy (non-hydrogen) atoms. The summed E-state index contributed by atoms with van der Waals surface area (Å²) in [5.41, 5.74) is 9.57. The lowest BCUT2D eigenvalue weighted by Gasteiger charge is -2.40. The summed E-state index contributed by atoms with van der Waals surface area (Å²) < 4.78 is 6.14. The number of rotatable bonds is 21. The second-order valence-electron chi connectivity index (χ2n) is 18.8. The molecule has 8 N–H and O–H groups in total. The van der Waals surface area contributed by atoms with Crippen LogP contribution in [0.2, 0.25) is 0 Å². The van der Waals surface area contributed by atoms with Gasteiger partial charge in [-0.25, -0.2) is 4.79 Å². The predicted molar refractivity (Wildman–Crippen MR) is 244 cm³/mol. The standard InChI is InChI=1S/C49H63N7O8/c1-47(2,28-52-41(58)20-21-42(59)56-26-33-11-5-6-12-35(33)37-25-38(37)36-13-7-8-15-40(36)56)30-64-31-48(3,4)29-53-44(61)49(22-10-23-49)45(62)55-39(14-9-24-51-46(50)63)43(60)54-34-18-16-32(27-57)17-19-34/h5-8,11-13,15-19,25,38-39,57H,9-10,14,20-24,26-31H2,1-4H3,(H,52,58)(H,53,61)(H,54,60)(H,55,62)(H3,50,51,63)/t38?,39-/m0/s1. The molecule has 3 aromatic carbocycles. The fourth-order valence-corrected chi connectivity index (χ4v) is 8.13. The highest BCUT2D eigenvalue weighted by Crippen LogP contribution is 2.52. The molecule has 6 rings (SSSR count). The number of primary amides is 1. The molecule has 15 nitrogen and oxygen atoms in total. The van der Waals surface area contributed by atoms with Gasteiger partial charge in [-0.1, -0.05) is 94.8 Å². The van der Waals surface area contributed by atoms with E-state index in [4.69, 9.17) is 10.5 Å². The molecule has 1 unspecified atom stereocenters. The van der Waals surface area contributed by atoms with Gasteiger partial charge in [0, 0.05) is 60.6 Å². The van der Waals surface area contributed by atoms with Gasteiger partial charge in [0.15, 0.2) is 0 Å². The number of nitrogens with one attached hydrogen (secondary N) is 5. The molecule has 2 atom stereocenters. The van der Waals surface area contributed by atoms with E-state index in [0.717, 1.165) is 16.8 Å². The van der Waals surface area contributed by atoms with Crippen molar-refractivity contribution in [3.8, 4) is 0 Å². The Bertz CT molecular complexity index is 2230. The normalized spacial score (nSPS) is 16.4. The highest BCUT2D eigenvalue weighted by atomic mass is 16.5. The molecule has 342 valence electrons. The lowest BCUT2D eigenvalue weighted by Crippen LogP contribution is -2.59.